The molecule has 0 aromatic heterocycles. The van der Waals surface area contributed by atoms with E-state index in [0.717, 1.165) is 48.5 Å². The van der Waals surface area contributed by atoms with Gasteiger partial charge >= 0.3 is 0 Å². The number of hydrogen-bond donors (Lipinski definition) is 0. The highest BCUT2D eigenvalue weighted by Crippen LogP contribution is 2.51. The van der Waals surface area contributed by atoms with Gasteiger partial charge in [0.25, 0.3) is 0 Å². The van der Waals surface area contributed by atoms with Crippen LogP contribution in [0.25, 0.3) is 66.8 Å². The van der Waals surface area contributed by atoms with Gasteiger partial charge in [-0.2, -0.15) is 0 Å². The molecule has 4 nitrogen and oxygen atoms in total. The normalized spacial score (nSPS) is 11.8. The van der Waals surface area contributed by atoms with Crippen molar-refractivity contribution in [1.82, 2.24) is 0 Å². The predicted octanol–water partition coefficient (Wildman–Crippen LogP) is 17.4. The van der Waals surface area contributed by atoms with E-state index < -0.39 is 69.8 Å². The summed E-state index contributed by atoms with van der Waals surface area (Å²) in [7, 11) is 5.81. The Hall–Kier alpha value is -6.92. The van der Waals surface area contributed by atoms with Crippen LogP contribution in [0, 0.1) is 69.8 Å². The fourth-order valence-corrected chi connectivity index (χ4v) is 10.6. The maximum Gasteiger partial charge on any atom is 0.194 e. The Balaban J connectivity index is 0.000000199. The standard InChI is InChI=1S/C29H20F6O2.C28H18Br2F6O2/c1-36-24-8-6-16(14-10-20(30)28(34)21(31)11-14)18-4-3-5-19-17(7-9-25(37-2)27(19)26(18)24)15-12-22(32)29(35)23(33)13-15;1-37-23-5-3-15(13-7-19(31)27(35)20(32)8-13)17(11-29)25(23)26-18(12-30)16(4-6-24(26)38-2)14-9-21(33)28(36)22(34)10-14/h6-13H,3-5H2,1-2H3;3-10H,11-12H2,1-2H3. The van der Waals surface area contributed by atoms with Gasteiger partial charge in [-0.15, -0.1) is 0 Å². The van der Waals surface area contributed by atoms with Crippen LogP contribution in [0.15, 0.2) is 97.1 Å². The van der Waals surface area contributed by atoms with Gasteiger partial charge in [0.15, 0.2) is 69.8 Å². The van der Waals surface area contributed by atoms with Crippen LogP contribution >= 0.6 is 31.9 Å². The van der Waals surface area contributed by atoms with Crippen molar-refractivity contribution < 1.29 is 71.6 Å². The second-order valence-corrected chi connectivity index (χ2v) is 17.9. The summed E-state index contributed by atoms with van der Waals surface area (Å²) >= 11 is 6.88. The van der Waals surface area contributed by atoms with Gasteiger partial charge in [-0.3, -0.25) is 0 Å². The summed E-state index contributed by atoms with van der Waals surface area (Å²) in [5.41, 5.74) is 6.68. The van der Waals surface area contributed by atoms with Crippen molar-refractivity contribution in [2.24, 2.45) is 0 Å². The number of benzene rings is 8. The summed E-state index contributed by atoms with van der Waals surface area (Å²) < 4.78 is 190. The minimum absolute atomic E-state index is 0.0814. The molecule has 0 spiro atoms. The fraction of sp³-hybridized carbons (Fsp3) is 0.158. The van der Waals surface area contributed by atoms with Crippen LogP contribution in [0.2, 0.25) is 0 Å². The van der Waals surface area contributed by atoms with Crippen LogP contribution in [0.4, 0.5) is 52.7 Å². The first-order valence-electron chi connectivity index (χ1n) is 22.4. The Bertz CT molecular complexity index is 3230. The first-order valence-corrected chi connectivity index (χ1v) is 24.7. The van der Waals surface area contributed by atoms with Crippen molar-refractivity contribution in [2.75, 3.05) is 28.4 Å². The molecule has 1 aliphatic rings. The van der Waals surface area contributed by atoms with Crippen molar-refractivity contribution in [3.05, 3.63) is 189 Å². The van der Waals surface area contributed by atoms with Gasteiger partial charge in [0.2, 0.25) is 0 Å². The molecular formula is C57H38Br2F12O4. The van der Waals surface area contributed by atoms with Crippen molar-refractivity contribution in [3.8, 4) is 89.8 Å². The van der Waals surface area contributed by atoms with Crippen LogP contribution in [0.5, 0.6) is 23.0 Å². The number of fused-ring (bicyclic) bond motifs is 3. The molecule has 9 rings (SSSR count). The van der Waals surface area contributed by atoms with E-state index in [1.54, 1.807) is 48.5 Å². The maximum absolute atomic E-state index is 14.1. The average molecular weight is 1170 g/mol. The quantitative estimate of drug-likeness (QED) is 0.0735. The van der Waals surface area contributed by atoms with Crippen molar-refractivity contribution in [1.29, 1.82) is 0 Å². The predicted molar refractivity (Wildman–Crippen MR) is 268 cm³/mol. The third kappa shape index (κ3) is 10.2. The molecule has 8 aromatic carbocycles. The van der Waals surface area contributed by atoms with E-state index in [2.05, 4.69) is 31.9 Å². The molecule has 0 N–H and O–H groups in total. The smallest absolute Gasteiger partial charge is 0.194 e. The lowest BCUT2D eigenvalue weighted by atomic mass is 9.86. The topological polar surface area (TPSA) is 36.9 Å². The van der Waals surface area contributed by atoms with Crippen molar-refractivity contribution >= 4 is 31.9 Å². The molecule has 0 fully saturated rings. The first kappa shape index (κ1) is 54.3. The zero-order chi connectivity index (χ0) is 54.2. The van der Waals surface area contributed by atoms with Crippen molar-refractivity contribution in [3.63, 3.8) is 0 Å². The van der Waals surface area contributed by atoms with Crippen LogP contribution in [-0.4, -0.2) is 28.4 Å². The number of halogens is 14. The summed E-state index contributed by atoms with van der Waals surface area (Å²) in [5.74, 6) is -15.3. The first-order chi connectivity index (χ1) is 35.9. The molecular weight excluding hydrogens is 1140 g/mol. The average Bonchev–Trinajstić information content (AvgIpc) is 3.61. The van der Waals surface area contributed by atoms with Crippen molar-refractivity contribution in [2.45, 2.75) is 29.9 Å². The van der Waals surface area contributed by atoms with Gasteiger partial charge in [-0.1, -0.05) is 56.1 Å². The largest absolute Gasteiger partial charge is 0.496 e. The monoisotopic (exact) mass is 1170 g/mol. The number of rotatable bonds is 11. The summed E-state index contributed by atoms with van der Waals surface area (Å²) in [5, 5.41) is 0.342. The van der Waals surface area contributed by atoms with Gasteiger partial charge in [0.05, 0.1) is 28.4 Å². The van der Waals surface area contributed by atoms with E-state index in [1.165, 1.54) is 28.4 Å². The summed E-state index contributed by atoms with van der Waals surface area (Å²) in [6.45, 7) is 0. The molecule has 0 unspecified atom stereocenters. The SMILES string of the molecule is COc1ccc(-c2cc(F)c(F)c(F)c2)c(CBr)c1-c1c(OC)ccc(-c2cc(F)c(F)c(F)c2)c1CBr.COc1ccc(-c2cc(F)c(F)c(F)c2)c2c1-c1c(OC)ccc(-c3cc(F)c(F)c(F)c3)c1CCC2. The highest BCUT2D eigenvalue weighted by Gasteiger charge is 2.30. The molecule has 0 saturated heterocycles. The second kappa shape index (κ2) is 22.5. The van der Waals surface area contributed by atoms with E-state index in [4.69, 9.17) is 18.9 Å². The highest BCUT2D eigenvalue weighted by atomic mass is 79.9. The number of methoxy groups -OCH3 is 4. The van der Waals surface area contributed by atoms with E-state index >= 15 is 0 Å². The summed E-state index contributed by atoms with van der Waals surface area (Å²) in [6.07, 6.45) is 1.45. The molecule has 388 valence electrons. The molecule has 0 radical (unpaired) electrons. The molecule has 0 atom stereocenters. The third-order valence-electron chi connectivity index (χ3n) is 12.8. The van der Waals surface area contributed by atoms with Gasteiger partial charge in [-0.05, 0) is 159 Å². The van der Waals surface area contributed by atoms with Crippen LogP contribution in [0.1, 0.15) is 28.7 Å². The molecule has 0 bridgehead atoms. The zero-order valence-electron chi connectivity index (χ0n) is 39.7. The lowest BCUT2D eigenvalue weighted by Crippen LogP contribution is -2.03. The molecule has 0 heterocycles. The van der Waals surface area contributed by atoms with Crippen LogP contribution in [0.3, 0.4) is 0 Å². The number of ether oxygens (including phenoxy) is 4. The zero-order valence-corrected chi connectivity index (χ0v) is 42.9. The van der Waals surface area contributed by atoms with E-state index in [0.29, 0.717) is 109 Å². The van der Waals surface area contributed by atoms with Gasteiger partial charge in [0.1, 0.15) is 23.0 Å². The molecule has 18 heteroatoms. The molecule has 75 heavy (non-hydrogen) atoms. The number of hydrogen-bond acceptors (Lipinski definition) is 4. The Morgan fingerprint density at radius 1 is 0.333 bits per heavy atom. The number of alkyl halides is 2. The Kier molecular flexibility index (Phi) is 16.3. The lowest BCUT2D eigenvalue weighted by Gasteiger charge is -2.23. The van der Waals surface area contributed by atoms with Gasteiger partial charge < -0.3 is 18.9 Å². The Morgan fingerprint density at radius 2 is 0.560 bits per heavy atom. The molecule has 8 aromatic rings. The van der Waals surface area contributed by atoms with Crippen LogP contribution in [-0.2, 0) is 23.5 Å². The second-order valence-electron chi connectivity index (χ2n) is 16.8. The van der Waals surface area contributed by atoms with E-state index in [1.807, 2.05) is 0 Å². The molecule has 0 aliphatic heterocycles. The van der Waals surface area contributed by atoms with E-state index in [-0.39, 0.29) is 32.9 Å². The summed E-state index contributed by atoms with van der Waals surface area (Å²) in [6, 6.07) is 20.2. The van der Waals surface area contributed by atoms with E-state index in [9.17, 15) is 52.7 Å². The Labute approximate surface area is 438 Å². The third-order valence-corrected chi connectivity index (χ3v) is 13.9. The highest BCUT2D eigenvalue weighted by molar-refractivity contribution is 9.08. The molecule has 0 saturated carbocycles. The molecule has 1 aliphatic carbocycles. The minimum atomic E-state index is -1.59. The van der Waals surface area contributed by atoms with Gasteiger partial charge in [0, 0.05) is 32.9 Å². The minimum Gasteiger partial charge on any atom is -0.496 e. The van der Waals surface area contributed by atoms with Gasteiger partial charge in [-0.25, -0.2) is 52.7 Å². The Morgan fingerprint density at radius 3 is 0.800 bits per heavy atom. The fourth-order valence-electron chi connectivity index (χ4n) is 9.45. The lowest BCUT2D eigenvalue weighted by molar-refractivity contribution is 0.410. The maximum atomic E-state index is 14.1. The van der Waals surface area contributed by atoms with Crippen LogP contribution < -0.4 is 18.9 Å². The summed E-state index contributed by atoms with van der Waals surface area (Å²) in [4.78, 5) is 0. The molecule has 0 amide bonds.